The molecule has 2 heterocycles. The largest absolute Gasteiger partial charge is 0.488 e. The highest BCUT2D eigenvalue weighted by Gasteiger charge is 2.21. The minimum atomic E-state index is 0. The van der Waals surface area contributed by atoms with Crippen LogP contribution in [-0.2, 0) is 11.3 Å². The van der Waals surface area contributed by atoms with E-state index in [-0.39, 0.29) is 30.1 Å². The Morgan fingerprint density at radius 3 is 2.73 bits per heavy atom. The molecule has 2 unspecified atom stereocenters. The molecule has 1 aromatic rings. The van der Waals surface area contributed by atoms with E-state index in [0.717, 1.165) is 49.8 Å². The number of ether oxygens (including phenoxy) is 2. The molecule has 2 saturated heterocycles. The van der Waals surface area contributed by atoms with Gasteiger partial charge >= 0.3 is 0 Å². The van der Waals surface area contributed by atoms with Crippen LogP contribution in [0.25, 0.3) is 0 Å². The van der Waals surface area contributed by atoms with Crippen LogP contribution in [0.15, 0.2) is 23.2 Å². The van der Waals surface area contributed by atoms with Gasteiger partial charge in [0, 0.05) is 31.1 Å². The number of aliphatic imine (C=N–C) groups is 1. The van der Waals surface area contributed by atoms with Crippen molar-refractivity contribution >= 4 is 29.9 Å². The van der Waals surface area contributed by atoms with Crippen LogP contribution >= 0.6 is 24.0 Å². The molecule has 0 saturated carbocycles. The number of nitrogens with one attached hydrogen (secondary N) is 2. The molecule has 2 fully saturated rings. The van der Waals surface area contributed by atoms with E-state index in [2.05, 4.69) is 54.5 Å². The summed E-state index contributed by atoms with van der Waals surface area (Å²) < 4.78 is 11.7. The van der Waals surface area contributed by atoms with E-state index in [0.29, 0.717) is 19.2 Å². The van der Waals surface area contributed by atoms with E-state index < -0.39 is 0 Å². The predicted octanol–water partition coefficient (Wildman–Crippen LogP) is 3.71. The van der Waals surface area contributed by atoms with Crippen LogP contribution in [0, 0.1) is 6.92 Å². The number of benzene rings is 1. The number of halogens is 1. The molecule has 6 nitrogen and oxygen atoms in total. The second-order valence-electron chi connectivity index (χ2n) is 8.10. The van der Waals surface area contributed by atoms with Crippen LogP contribution in [0.2, 0.25) is 0 Å². The van der Waals surface area contributed by atoms with Gasteiger partial charge in [-0.1, -0.05) is 19.1 Å². The SMILES string of the molecule is CCNC(=NCc1ccc(C)cc1OC1CCOC1)NCC(CC)N1CCCC1.I. The van der Waals surface area contributed by atoms with Crippen LogP contribution in [0.4, 0.5) is 0 Å². The van der Waals surface area contributed by atoms with Gasteiger partial charge in [0.25, 0.3) is 0 Å². The zero-order valence-electron chi connectivity index (χ0n) is 18.8. The van der Waals surface area contributed by atoms with Crippen molar-refractivity contribution < 1.29 is 9.47 Å². The van der Waals surface area contributed by atoms with Crippen molar-refractivity contribution in [2.45, 2.75) is 65.1 Å². The molecule has 2 aliphatic heterocycles. The molecule has 7 heteroatoms. The molecule has 0 bridgehead atoms. The van der Waals surface area contributed by atoms with Gasteiger partial charge in [-0.3, -0.25) is 4.90 Å². The standard InChI is InChI=1S/C23H38N4O2.HI/c1-4-20(27-11-6-7-12-27)16-26-23(24-5-2)25-15-19-9-8-18(3)14-22(19)29-21-10-13-28-17-21;/h8-9,14,20-21H,4-7,10-13,15-17H2,1-3H3,(H2,24,25,26);1H. The van der Waals surface area contributed by atoms with Crippen molar-refractivity contribution in [3.05, 3.63) is 29.3 Å². The Bertz CT molecular complexity index is 659. The average molecular weight is 530 g/mol. The lowest BCUT2D eigenvalue weighted by molar-refractivity contribution is 0.140. The van der Waals surface area contributed by atoms with Gasteiger partial charge in [0.15, 0.2) is 5.96 Å². The van der Waals surface area contributed by atoms with Crippen molar-refractivity contribution in [1.29, 1.82) is 0 Å². The Balaban J connectivity index is 0.00000320. The molecule has 0 radical (unpaired) electrons. The fraction of sp³-hybridized carbons (Fsp3) is 0.696. The van der Waals surface area contributed by atoms with Gasteiger partial charge in [-0.05, 0) is 57.8 Å². The number of aryl methyl sites for hydroxylation is 1. The molecular weight excluding hydrogens is 491 g/mol. The third kappa shape index (κ3) is 7.57. The topological polar surface area (TPSA) is 58.1 Å². The van der Waals surface area contributed by atoms with Crippen molar-refractivity contribution in [1.82, 2.24) is 15.5 Å². The minimum Gasteiger partial charge on any atom is -0.488 e. The fourth-order valence-corrected chi connectivity index (χ4v) is 4.05. The minimum absolute atomic E-state index is 0. The second-order valence-corrected chi connectivity index (χ2v) is 8.10. The molecule has 2 N–H and O–H groups in total. The Morgan fingerprint density at radius 2 is 2.07 bits per heavy atom. The second kappa shape index (κ2) is 13.4. The lowest BCUT2D eigenvalue weighted by Gasteiger charge is -2.27. The summed E-state index contributed by atoms with van der Waals surface area (Å²) in [5.41, 5.74) is 2.32. The number of nitrogens with zero attached hydrogens (tertiary/aromatic N) is 2. The van der Waals surface area contributed by atoms with Gasteiger partial charge in [0.05, 0.1) is 19.8 Å². The van der Waals surface area contributed by atoms with Crippen LogP contribution in [-0.4, -0.2) is 62.4 Å². The number of guanidine groups is 1. The summed E-state index contributed by atoms with van der Waals surface area (Å²) >= 11 is 0. The molecule has 1 aromatic carbocycles. The summed E-state index contributed by atoms with van der Waals surface area (Å²) in [6.07, 6.45) is 4.91. The maximum absolute atomic E-state index is 6.22. The first kappa shape index (κ1) is 25.2. The van der Waals surface area contributed by atoms with E-state index in [1.54, 1.807) is 0 Å². The van der Waals surface area contributed by atoms with Gasteiger partial charge < -0.3 is 20.1 Å². The molecular formula is C23H39IN4O2. The first-order valence-corrected chi connectivity index (χ1v) is 11.3. The lowest BCUT2D eigenvalue weighted by atomic mass is 10.1. The van der Waals surface area contributed by atoms with E-state index in [4.69, 9.17) is 14.5 Å². The van der Waals surface area contributed by atoms with Crippen LogP contribution in [0.5, 0.6) is 5.75 Å². The maximum atomic E-state index is 6.22. The molecule has 2 aliphatic rings. The fourth-order valence-electron chi connectivity index (χ4n) is 4.05. The van der Waals surface area contributed by atoms with Crippen molar-refractivity contribution in [2.75, 3.05) is 39.4 Å². The van der Waals surface area contributed by atoms with E-state index in [9.17, 15) is 0 Å². The summed E-state index contributed by atoms with van der Waals surface area (Å²) in [4.78, 5) is 7.45. The van der Waals surface area contributed by atoms with Gasteiger partial charge in [0.1, 0.15) is 11.9 Å². The molecule has 30 heavy (non-hydrogen) atoms. The van der Waals surface area contributed by atoms with Gasteiger partial charge in [0.2, 0.25) is 0 Å². The third-order valence-corrected chi connectivity index (χ3v) is 5.79. The van der Waals surface area contributed by atoms with Crippen molar-refractivity contribution in [3.8, 4) is 5.75 Å². The summed E-state index contributed by atoms with van der Waals surface area (Å²) in [6.45, 7) is 12.8. The Kier molecular flexibility index (Phi) is 11.2. The quantitative estimate of drug-likeness (QED) is 0.290. The number of rotatable bonds is 9. The highest BCUT2D eigenvalue weighted by Crippen LogP contribution is 2.24. The molecule has 2 atom stereocenters. The number of hydrogen-bond donors (Lipinski definition) is 2. The number of hydrogen-bond acceptors (Lipinski definition) is 4. The molecule has 0 aliphatic carbocycles. The first-order valence-electron chi connectivity index (χ1n) is 11.3. The molecule has 3 rings (SSSR count). The van der Waals surface area contributed by atoms with Crippen molar-refractivity contribution in [3.63, 3.8) is 0 Å². The maximum Gasteiger partial charge on any atom is 0.191 e. The average Bonchev–Trinajstić information content (AvgIpc) is 3.42. The molecule has 0 aromatic heterocycles. The molecule has 0 spiro atoms. The van der Waals surface area contributed by atoms with Crippen LogP contribution < -0.4 is 15.4 Å². The van der Waals surface area contributed by atoms with E-state index in [1.165, 1.54) is 31.5 Å². The first-order chi connectivity index (χ1) is 14.2. The Labute approximate surface area is 199 Å². The van der Waals surface area contributed by atoms with Gasteiger partial charge in [-0.25, -0.2) is 4.99 Å². The van der Waals surface area contributed by atoms with Crippen molar-refractivity contribution in [2.24, 2.45) is 4.99 Å². The normalized spacial score (nSPS) is 20.6. The monoisotopic (exact) mass is 530 g/mol. The lowest BCUT2D eigenvalue weighted by Crippen LogP contribution is -2.46. The summed E-state index contributed by atoms with van der Waals surface area (Å²) in [6, 6.07) is 6.95. The van der Waals surface area contributed by atoms with Gasteiger partial charge in [-0.2, -0.15) is 0 Å². The van der Waals surface area contributed by atoms with E-state index >= 15 is 0 Å². The smallest absolute Gasteiger partial charge is 0.191 e. The summed E-state index contributed by atoms with van der Waals surface area (Å²) in [7, 11) is 0. The highest BCUT2D eigenvalue weighted by molar-refractivity contribution is 14.0. The van der Waals surface area contributed by atoms with Crippen LogP contribution in [0.1, 0.15) is 50.7 Å². The third-order valence-electron chi connectivity index (χ3n) is 5.79. The summed E-state index contributed by atoms with van der Waals surface area (Å²) in [5.74, 6) is 1.81. The number of likely N-dealkylation sites (tertiary alicyclic amines) is 1. The molecule has 170 valence electrons. The Morgan fingerprint density at radius 1 is 1.27 bits per heavy atom. The zero-order chi connectivity index (χ0) is 20.5. The van der Waals surface area contributed by atoms with Gasteiger partial charge in [-0.15, -0.1) is 24.0 Å². The van der Waals surface area contributed by atoms with E-state index in [1.807, 2.05) is 0 Å². The summed E-state index contributed by atoms with van der Waals surface area (Å²) in [5, 5.41) is 6.95. The zero-order valence-corrected chi connectivity index (χ0v) is 21.1. The molecule has 0 amide bonds. The Hall–Kier alpha value is -1.06. The highest BCUT2D eigenvalue weighted by atomic mass is 127. The predicted molar refractivity (Wildman–Crippen MR) is 134 cm³/mol. The van der Waals surface area contributed by atoms with Crippen LogP contribution in [0.3, 0.4) is 0 Å².